The number of methoxy groups -OCH3 is 2. The van der Waals surface area contributed by atoms with Crippen molar-refractivity contribution in [2.75, 3.05) is 21.0 Å². The number of hydrogen-bond donors (Lipinski definition) is 0. The van der Waals surface area contributed by atoms with E-state index in [1.807, 2.05) is 18.5 Å². The molecule has 2 aromatic rings. The normalized spacial score (nSPS) is 10.7. The van der Waals surface area contributed by atoms with Gasteiger partial charge in [0.15, 0.2) is 6.79 Å². The van der Waals surface area contributed by atoms with Crippen LogP contribution in [-0.2, 0) is 16.5 Å². The highest BCUT2D eigenvalue weighted by molar-refractivity contribution is 5.99. The molecule has 0 saturated heterocycles. The van der Waals surface area contributed by atoms with Crippen LogP contribution in [0.3, 0.4) is 0 Å². The van der Waals surface area contributed by atoms with E-state index in [0.717, 1.165) is 16.6 Å². The summed E-state index contributed by atoms with van der Waals surface area (Å²) in [6.45, 7) is 1.88. The van der Waals surface area contributed by atoms with Gasteiger partial charge < -0.3 is 18.8 Å². The Hall–Kier alpha value is -2.08. The Morgan fingerprint density at radius 1 is 1.42 bits per heavy atom. The molecule has 19 heavy (non-hydrogen) atoms. The van der Waals surface area contributed by atoms with Crippen molar-refractivity contribution in [3.8, 4) is 5.75 Å². The van der Waals surface area contributed by atoms with Gasteiger partial charge in [-0.2, -0.15) is 0 Å². The summed E-state index contributed by atoms with van der Waals surface area (Å²) < 4.78 is 17.0. The molecule has 0 bridgehead atoms. The van der Waals surface area contributed by atoms with Gasteiger partial charge in [-0.25, -0.2) is 9.78 Å². The van der Waals surface area contributed by atoms with Gasteiger partial charge in [0.2, 0.25) is 0 Å². The Labute approximate surface area is 110 Å². The second-order valence-corrected chi connectivity index (χ2v) is 4.14. The smallest absolute Gasteiger partial charge is 0.342 e. The molecule has 2 rings (SSSR count). The van der Waals surface area contributed by atoms with Crippen molar-refractivity contribution in [3.63, 3.8) is 0 Å². The van der Waals surface area contributed by atoms with Gasteiger partial charge in [0.25, 0.3) is 0 Å². The van der Waals surface area contributed by atoms with Crippen molar-refractivity contribution in [2.45, 2.75) is 6.92 Å². The molecule has 0 saturated carbocycles. The Morgan fingerprint density at radius 2 is 2.16 bits per heavy atom. The van der Waals surface area contributed by atoms with Crippen molar-refractivity contribution < 1.29 is 19.0 Å². The number of aryl methyl sites for hydroxylation is 2. The standard InChI is InChI=1S/C13H16N2O4/c1-8-11(13(16)18-4)10(19-7-17-3)5-9-12(8)14-6-15(9)2/h5-6H,7H2,1-4H3. The average Bonchev–Trinajstić information content (AvgIpc) is 2.78. The van der Waals surface area contributed by atoms with Crippen LogP contribution in [0, 0.1) is 6.92 Å². The Kier molecular flexibility index (Phi) is 3.71. The molecule has 0 fully saturated rings. The van der Waals surface area contributed by atoms with E-state index >= 15 is 0 Å². The van der Waals surface area contributed by atoms with Crippen LogP contribution < -0.4 is 4.74 Å². The van der Waals surface area contributed by atoms with Gasteiger partial charge in [-0.05, 0) is 12.5 Å². The zero-order valence-electron chi connectivity index (χ0n) is 11.4. The van der Waals surface area contributed by atoms with Gasteiger partial charge in [-0.3, -0.25) is 0 Å². The predicted octanol–water partition coefficient (Wildman–Crippen LogP) is 1.65. The molecule has 0 radical (unpaired) electrons. The quantitative estimate of drug-likeness (QED) is 0.620. The van der Waals surface area contributed by atoms with Crippen LogP contribution in [0.2, 0.25) is 0 Å². The van der Waals surface area contributed by atoms with Crippen LogP contribution >= 0.6 is 0 Å². The number of hydrogen-bond acceptors (Lipinski definition) is 5. The summed E-state index contributed by atoms with van der Waals surface area (Å²) in [5.74, 6) is -0.0153. The molecule has 0 aliphatic heterocycles. The highest BCUT2D eigenvalue weighted by Gasteiger charge is 2.21. The van der Waals surface area contributed by atoms with E-state index in [1.54, 1.807) is 12.4 Å². The van der Waals surface area contributed by atoms with Crippen LogP contribution in [0.1, 0.15) is 15.9 Å². The number of carbonyl (C=O) groups is 1. The first-order chi connectivity index (χ1) is 9.10. The van der Waals surface area contributed by atoms with E-state index in [4.69, 9.17) is 14.2 Å². The van der Waals surface area contributed by atoms with Crippen molar-refractivity contribution in [1.29, 1.82) is 0 Å². The van der Waals surface area contributed by atoms with Crippen molar-refractivity contribution >= 4 is 17.0 Å². The maximum atomic E-state index is 11.9. The SMILES string of the molecule is COCOc1cc2c(ncn2C)c(C)c1C(=O)OC. The molecule has 1 aromatic carbocycles. The molecule has 0 aliphatic carbocycles. The Balaban J connectivity index is 2.66. The largest absolute Gasteiger partial charge is 0.467 e. The third kappa shape index (κ3) is 2.26. The zero-order chi connectivity index (χ0) is 14.0. The minimum Gasteiger partial charge on any atom is -0.467 e. The van der Waals surface area contributed by atoms with Gasteiger partial charge in [0.1, 0.15) is 11.3 Å². The summed E-state index contributed by atoms with van der Waals surface area (Å²) in [5.41, 5.74) is 2.76. The van der Waals surface area contributed by atoms with Crippen LogP contribution in [0.4, 0.5) is 0 Å². The number of imidazole rings is 1. The molecule has 0 unspecified atom stereocenters. The number of aromatic nitrogens is 2. The molecule has 6 nitrogen and oxygen atoms in total. The summed E-state index contributed by atoms with van der Waals surface area (Å²) in [4.78, 5) is 16.2. The van der Waals surface area contributed by atoms with Gasteiger partial charge in [-0.15, -0.1) is 0 Å². The summed E-state index contributed by atoms with van der Waals surface area (Å²) in [6.07, 6.45) is 1.69. The minimum atomic E-state index is -0.448. The third-order valence-electron chi connectivity index (χ3n) is 2.95. The highest BCUT2D eigenvalue weighted by Crippen LogP contribution is 2.30. The molecular formula is C13H16N2O4. The van der Waals surface area contributed by atoms with E-state index < -0.39 is 5.97 Å². The van der Waals surface area contributed by atoms with E-state index in [2.05, 4.69) is 4.98 Å². The molecular weight excluding hydrogens is 248 g/mol. The monoisotopic (exact) mass is 264 g/mol. The highest BCUT2D eigenvalue weighted by atomic mass is 16.7. The van der Waals surface area contributed by atoms with Crippen LogP contribution in [-0.4, -0.2) is 36.5 Å². The maximum absolute atomic E-state index is 11.9. The molecule has 0 spiro atoms. The second-order valence-electron chi connectivity index (χ2n) is 4.14. The van der Waals surface area contributed by atoms with E-state index in [0.29, 0.717) is 11.3 Å². The molecule has 0 aliphatic rings. The van der Waals surface area contributed by atoms with Crippen molar-refractivity contribution in [1.82, 2.24) is 9.55 Å². The summed E-state index contributed by atoms with van der Waals surface area (Å²) in [7, 11) is 4.74. The number of carbonyl (C=O) groups excluding carboxylic acids is 1. The van der Waals surface area contributed by atoms with Crippen molar-refractivity contribution in [3.05, 3.63) is 23.5 Å². The summed E-state index contributed by atoms with van der Waals surface area (Å²) in [5, 5.41) is 0. The number of fused-ring (bicyclic) bond motifs is 1. The molecule has 0 atom stereocenters. The molecule has 1 aromatic heterocycles. The second kappa shape index (κ2) is 5.27. The molecule has 1 heterocycles. The van der Waals surface area contributed by atoms with E-state index in [1.165, 1.54) is 14.2 Å². The minimum absolute atomic E-state index is 0.0623. The van der Waals surface area contributed by atoms with Gasteiger partial charge in [0, 0.05) is 20.2 Å². The number of esters is 1. The fourth-order valence-electron chi connectivity index (χ4n) is 1.99. The topological polar surface area (TPSA) is 62.6 Å². The number of nitrogens with zero attached hydrogens (tertiary/aromatic N) is 2. The van der Waals surface area contributed by atoms with Crippen molar-refractivity contribution in [2.24, 2.45) is 7.05 Å². The van der Waals surface area contributed by atoms with Crippen LogP contribution in [0.5, 0.6) is 5.75 Å². The zero-order valence-corrected chi connectivity index (χ0v) is 11.4. The fourth-order valence-corrected chi connectivity index (χ4v) is 1.99. The lowest BCUT2D eigenvalue weighted by Gasteiger charge is -2.12. The lowest BCUT2D eigenvalue weighted by molar-refractivity contribution is 0.0465. The lowest BCUT2D eigenvalue weighted by atomic mass is 10.1. The van der Waals surface area contributed by atoms with Gasteiger partial charge in [-0.1, -0.05) is 0 Å². The number of rotatable bonds is 4. The van der Waals surface area contributed by atoms with Crippen LogP contribution in [0.15, 0.2) is 12.4 Å². The number of ether oxygens (including phenoxy) is 3. The lowest BCUT2D eigenvalue weighted by Crippen LogP contribution is -2.10. The van der Waals surface area contributed by atoms with Gasteiger partial charge in [0.05, 0.1) is 24.5 Å². The first kappa shape index (κ1) is 13.4. The molecule has 6 heteroatoms. The third-order valence-corrected chi connectivity index (χ3v) is 2.95. The maximum Gasteiger partial charge on any atom is 0.342 e. The van der Waals surface area contributed by atoms with Gasteiger partial charge >= 0.3 is 5.97 Å². The molecule has 0 N–H and O–H groups in total. The Bertz CT molecular complexity index is 619. The Morgan fingerprint density at radius 3 is 2.79 bits per heavy atom. The molecule has 0 amide bonds. The predicted molar refractivity (Wildman–Crippen MR) is 69.3 cm³/mol. The summed E-state index contributed by atoms with van der Waals surface area (Å²) >= 11 is 0. The summed E-state index contributed by atoms with van der Waals surface area (Å²) in [6, 6.07) is 1.76. The first-order valence-electron chi connectivity index (χ1n) is 5.74. The first-order valence-corrected chi connectivity index (χ1v) is 5.74. The average molecular weight is 264 g/mol. The molecule has 102 valence electrons. The van der Waals surface area contributed by atoms with Crippen LogP contribution in [0.25, 0.3) is 11.0 Å². The van der Waals surface area contributed by atoms with E-state index in [-0.39, 0.29) is 6.79 Å². The van der Waals surface area contributed by atoms with E-state index in [9.17, 15) is 4.79 Å². The number of benzene rings is 1. The fraction of sp³-hybridized carbons (Fsp3) is 0.385.